The number of hydrogen-bond acceptors (Lipinski definition) is 4. The van der Waals surface area contributed by atoms with E-state index in [0.29, 0.717) is 12.2 Å². The molecule has 1 rings (SSSR count). The van der Waals surface area contributed by atoms with Crippen LogP contribution in [0.1, 0.15) is 55.9 Å². The van der Waals surface area contributed by atoms with Gasteiger partial charge in [-0.2, -0.15) is 0 Å². The lowest BCUT2D eigenvalue weighted by molar-refractivity contribution is 0.0922. The van der Waals surface area contributed by atoms with Crippen LogP contribution in [0.4, 0.5) is 0 Å². The topological polar surface area (TPSA) is 67.2 Å². The fourth-order valence-corrected chi connectivity index (χ4v) is 2.03. The molecule has 0 radical (unpaired) electrons. The average Bonchev–Trinajstić information content (AvgIpc) is 2.83. The summed E-state index contributed by atoms with van der Waals surface area (Å²) in [6, 6.07) is 0. The fourth-order valence-electron chi connectivity index (χ4n) is 2.03. The zero-order valence-electron chi connectivity index (χ0n) is 13.3. The second-order valence-electron chi connectivity index (χ2n) is 5.56. The van der Waals surface area contributed by atoms with E-state index in [1.165, 1.54) is 0 Å². The number of hydrogen-bond donors (Lipinski definition) is 2. The monoisotopic (exact) mass is 281 g/mol. The van der Waals surface area contributed by atoms with Gasteiger partial charge in [-0.15, -0.1) is 0 Å². The summed E-state index contributed by atoms with van der Waals surface area (Å²) in [6.07, 6.45) is 1.75. The molecule has 1 amide bonds. The Bertz CT molecular complexity index is 442. The van der Waals surface area contributed by atoms with Gasteiger partial charge in [0, 0.05) is 25.1 Å². The summed E-state index contributed by atoms with van der Waals surface area (Å²) < 4.78 is 5.17. The first kappa shape index (κ1) is 16.7. The van der Waals surface area contributed by atoms with Gasteiger partial charge in [0.05, 0.1) is 0 Å². The lowest BCUT2D eigenvalue weighted by atomic mass is 9.87. The molecule has 1 atom stereocenters. The Hall–Kier alpha value is -1.36. The number of aryl methyl sites for hydroxylation is 1. The van der Waals surface area contributed by atoms with E-state index < -0.39 is 0 Å². The predicted octanol–water partition coefficient (Wildman–Crippen LogP) is 2.30. The van der Waals surface area contributed by atoms with Crippen LogP contribution in [0, 0.1) is 12.3 Å². The minimum atomic E-state index is -0.151. The van der Waals surface area contributed by atoms with Crippen molar-refractivity contribution in [3.63, 3.8) is 0 Å². The normalized spacial score (nSPS) is 14.1. The molecule has 0 saturated heterocycles. The second kappa shape index (κ2) is 7.43. The lowest BCUT2D eigenvalue weighted by Gasteiger charge is -2.28. The second-order valence-corrected chi connectivity index (χ2v) is 5.56. The van der Waals surface area contributed by atoms with Crippen LogP contribution >= 0.6 is 0 Å². The van der Waals surface area contributed by atoms with Crippen LogP contribution in [0.15, 0.2) is 4.52 Å². The molecule has 1 heterocycles. The van der Waals surface area contributed by atoms with Gasteiger partial charge in [0.1, 0.15) is 5.76 Å². The standard InChI is InChI=1S/C15H27N3O2/c1-6-12-11(4)13(18-20-12)14(19)17-10-15(5,7-2)9-16-8-3/h16H,6-10H2,1-5H3,(H,17,19). The van der Waals surface area contributed by atoms with Crippen LogP contribution in [0.2, 0.25) is 0 Å². The molecule has 0 saturated carbocycles. The first-order valence-corrected chi connectivity index (χ1v) is 7.41. The Morgan fingerprint density at radius 1 is 1.30 bits per heavy atom. The Morgan fingerprint density at radius 3 is 2.50 bits per heavy atom. The number of amides is 1. The molecule has 0 bridgehead atoms. The van der Waals surface area contributed by atoms with Gasteiger partial charge in [-0.05, 0) is 25.3 Å². The maximum Gasteiger partial charge on any atom is 0.273 e. The van der Waals surface area contributed by atoms with Crippen molar-refractivity contribution in [2.24, 2.45) is 5.41 Å². The lowest BCUT2D eigenvalue weighted by Crippen LogP contribution is -2.42. The molecule has 0 aliphatic carbocycles. The Morgan fingerprint density at radius 2 is 2.00 bits per heavy atom. The highest BCUT2D eigenvalue weighted by Gasteiger charge is 2.24. The average molecular weight is 281 g/mol. The van der Waals surface area contributed by atoms with Crippen molar-refractivity contribution in [1.82, 2.24) is 15.8 Å². The highest BCUT2D eigenvalue weighted by molar-refractivity contribution is 5.93. The summed E-state index contributed by atoms with van der Waals surface area (Å²) >= 11 is 0. The summed E-state index contributed by atoms with van der Waals surface area (Å²) in [4.78, 5) is 12.2. The zero-order valence-corrected chi connectivity index (χ0v) is 13.3. The smallest absolute Gasteiger partial charge is 0.273 e. The minimum Gasteiger partial charge on any atom is -0.360 e. The fraction of sp³-hybridized carbons (Fsp3) is 0.733. The van der Waals surface area contributed by atoms with Crippen LogP contribution in [0.3, 0.4) is 0 Å². The first-order chi connectivity index (χ1) is 9.47. The first-order valence-electron chi connectivity index (χ1n) is 7.41. The third kappa shape index (κ3) is 4.07. The number of carbonyl (C=O) groups excluding carboxylic acids is 1. The quantitative estimate of drug-likeness (QED) is 0.767. The van der Waals surface area contributed by atoms with Gasteiger partial charge in [-0.1, -0.05) is 32.9 Å². The summed E-state index contributed by atoms with van der Waals surface area (Å²) in [7, 11) is 0. The largest absolute Gasteiger partial charge is 0.360 e. The molecular weight excluding hydrogens is 254 g/mol. The number of nitrogens with zero attached hydrogens (tertiary/aromatic N) is 1. The molecule has 114 valence electrons. The molecule has 1 aromatic rings. The van der Waals surface area contributed by atoms with E-state index in [2.05, 4.69) is 36.6 Å². The summed E-state index contributed by atoms with van der Waals surface area (Å²) in [6.45, 7) is 12.7. The van der Waals surface area contributed by atoms with E-state index >= 15 is 0 Å². The third-order valence-electron chi connectivity index (χ3n) is 3.89. The molecule has 0 aliphatic rings. The molecule has 0 spiro atoms. The highest BCUT2D eigenvalue weighted by Crippen LogP contribution is 2.19. The summed E-state index contributed by atoms with van der Waals surface area (Å²) in [5.41, 5.74) is 1.30. The van der Waals surface area contributed by atoms with Crippen molar-refractivity contribution < 1.29 is 9.32 Å². The molecule has 2 N–H and O–H groups in total. The summed E-state index contributed by atoms with van der Waals surface area (Å²) in [5, 5.41) is 10.2. The Labute approximate surface area is 121 Å². The van der Waals surface area contributed by atoms with Crippen molar-refractivity contribution in [2.75, 3.05) is 19.6 Å². The van der Waals surface area contributed by atoms with Crippen molar-refractivity contribution in [3.8, 4) is 0 Å². The molecule has 20 heavy (non-hydrogen) atoms. The molecule has 0 aromatic carbocycles. The van der Waals surface area contributed by atoms with E-state index in [9.17, 15) is 4.79 Å². The molecule has 0 aliphatic heterocycles. The number of carbonyl (C=O) groups is 1. The minimum absolute atomic E-state index is 0.0525. The van der Waals surface area contributed by atoms with E-state index in [1.807, 2.05) is 13.8 Å². The highest BCUT2D eigenvalue weighted by atomic mass is 16.5. The molecule has 1 aromatic heterocycles. The Kier molecular flexibility index (Phi) is 6.20. The molecular formula is C15H27N3O2. The predicted molar refractivity (Wildman–Crippen MR) is 79.9 cm³/mol. The van der Waals surface area contributed by atoms with Crippen molar-refractivity contribution in [1.29, 1.82) is 0 Å². The van der Waals surface area contributed by atoms with Crippen molar-refractivity contribution in [3.05, 3.63) is 17.0 Å². The van der Waals surface area contributed by atoms with Gasteiger partial charge in [0.25, 0.3) is 5.91 Å². The van der Waals surface area contributed by atoms with Gasteiger partial charge in [0.2, 0.25) is 0 Å². The number of rotatable bonds is 8. The van der Waals surface area contributed by atoms with Crippen LogP contribution < -0.4 is 10.6 Å². The molecule has 1 unspecified atom stereocenters. The van der Waals surface area contributed by atoms with Gasteiger partial charge >= 0.3 is 0 Å². The van der Waals surface area contributed by atoms with Gasteiger partial charge in [0.15, 0.2) is 5.69 Å². The molecule has 5 nitrogen and oxygen atoms in total. The van der Waals surface area contributed by atoms with Gasteiger partial charge in [-0.25, -0.2) is 0 Å². The third-order valence-corrected chi connectivity index (χ3v) is 3.89. The van der Waals surface area contributed by atoms with Crippen LogP contribution in [0.5, 0.6) is 0 Å². The maximum atomic E-state index is 12.2. The number of aromatic nitrogens is 1. The summed E-state index contributed by atoms with van der Waals surface area (Å²) in [5.74, 6) is 0.628. The zero-order chi connectivity index (χ0) is 15.2. The Balaban J connectivity index is 2.63. The van der Waals surface area contributed by atoms with Crippen LogP contribution in [0.25, 0.3) is 0 Å². The van der Waals surface area contributed by atoms with E-state index in [0.717, 1.165) is 37.3 Å². The van der Waals surface area contributed by atoms with E-state index in [4.69, 9.17) is 4.52 Å². The molecule has 5 heteroatoms. The maximum absolute atomic E-state index is 12.2. The van der Waals surface area contributed by atoms with Gasteiger partial charge in [-0.3, -0.25) is 4.79 Å². The van der Waals surface area contributed by atoms with Gasteiger partial charge < -0.3 is 15.2 Å². The SMILES string of the molecule is CCNCC(C)(CC)CNC(=O)c1noc(CC)c1C. The van der Waals surface area contributed by atoms with Crippen molar-refractivity contribution >= 4 is 5.91 Å². The van der Waals surface area contributed by atoms with Crippen LogP contribution in [-0.4, -0.2) is 30.7 Å². The van der Waals surface area contributed by atoms with Crippen LogP contribution in [-0.2, 0) is 6.42 Å². The number of nitrogens with one attached hydrogen (secondary N) is 2. The van der Waals surface area contributed by atoms with E-state index in [-0.39, 0.29) is 11.3 Å². The van der Waals surface area contributed by atoms with Crippen molar-refractivity contribution in [2.45, 2.75) is 47.5 Å². The molecule has 0 fully saturated rings. The van der Waals surface area contributed by atoms with E-state index in [1.54, 1.807) is 0 Å².